The summed E-state index contributed by atoms with van der Waals surface area (Å²) < 4.78 is 18.5. The van der Waals surface area contributed by atoms with Crippen LogP contribution >= 0.6 is 27.5 Å². The molecule has 0 spiro atoms. The Bertz CT molecular complexity index is 821. The van der Waals surface area contributed by atoms with Crippen LogP contribution in [0.1, 0.15) is 11.1 Å². The lowest BCUT2D eigenvalue weighted by molar-refractivity contribution is -0.139. The van der Waals surface area contributed by atoms with Crippen LogP contribution in [-0.2, 0) is 4.79 Å². The summed E-state index contributed by atoms with van der Waals surface area (Å²) in [6.45, 7) is -0.521. The Hall–Kier alpha value is -2.36. The summed E-state index contributed by atoms with van der Waals surface area (Å²) in [4.78, 5) is 10.6. The average molecular weight is 411 g/mol. The van der Waals surface area contributed by atoms with E-state index >= 15 is 0 Å². The predicted molar refractivity (Wildman–Crippen MR) is 92.2 cm³/mol. The van der Waals surface area contributed by atoms with Gasteiger partial charge in [0.1, 0.15) is 5.82 Å². The Kier molecular flexibility index (Phi) is 5.96. The highest BCUT2D eigenvalue weighted by atomic mass is 79.9. The third-order valence-corrected chi connectivity index (χ3v) is 3.82. The largest absolute Gasteiger partial charge is 0.479 e. The van der Waals surface area contributed by atoms with Gasteiger partial charge in [0.15, 0.2) is 12.4 Å². The van der Waals surface area contributed by atoms with Crippen LogP contribution in [0.2, 0.25) is 5.02 Å². The molecule has 0 radical (unpaired) electrons. The second-order valence-electron chi connectivity index (χ2n) is 4.67. The number of allylic oxidation sites excluding steroid dienone is 1. The first-order chi connectivity index (χ1) is 11.4. The molecule has 0 unspecified atom stereocenters. The van der Waals surface area contributed by atoms with Gasteiger partial charge in [-0.3, -0.25) is 0 Å². The van der Waals surface area contributed by atoms with Gasteiger partial charge in [-0.1, -0.05) is 23.7 Å². The minimum atomic E-state index is -1.12. The van der Waals surface area contributed by atoms with Crippen molar-refractivity contribution in [2.24, 2.45) is 0 Å². The third-order valence-electron chi connectivity index (χ3n) is 2.95. The maximum atomic E-state index is 13.0. The van der Waals surface area contributed by atoms with Crippen LogP contribution in [0, 0.1) is 17.1 Å². The smallest absolute Gasteiger partial charge is 0.341 e. The van der Waals surface area contributed by atoms with Crippen LogP contribution < -0.4 is 4.74 Å². The Balaban J connectivity index is 2.36. The van der Waals surface area contributed by atoms with Crippen LogP contribution in [0.3, 0.4) is 0 Å². The van der Waals surface area contributed by atoms with E-state index in [1.807, 2.05) is 0 Å². The third kappa shape index (κ3) is 4.57. The maximum Gasteiger partial charge on any atom is 0.341 e. The van der Waals surface area contributed by atoms with Gasteiger partial charge < -0.3 is 9.84 Å². The number of rotatable bonds is 5. The number of nitriles is 1. The fraction of sp³-hybridized carbons (Fsp3) is 0.0588. The van der Waals surface area contributed by atoms with Crippen molar-refractivity contribution >= 4 is 45.1 Å². The highest BCUT2D eigenvalue weighted by Crippen LogP contribution is 2.35. The topological polar surface area (TPSA) is 70.3 Å². The lowest BCUT2D eigenvalue weighted by Crippen LogP contribution is -2.10. The average Bonchev–Trinajstić information content (AvgIpc) is 2.52. The van der Waals surface area contributed by atoms with E-state index in [1.165, 1.54) is 24.3 Å². The molecule has 2 aromatic rings. The van der Waals surface area contributed by atoms with Crippen molar-refractivity contribution in [1.29, 1.82) is 5.26 Å². The molecular weight excluding hydrogens is 401 g/mol. The molecule has 122 valence electrons. The van der Waals surface area contributed by atoms with Gasteiger partial charge >= 0.3 is 5.97 Å². The number of carboxylic acid groups (broad SMARTS) is 1. The van der Waals surface area contributed by atoms with Crippen LogP contribution in [0.15, 0.2) is 40.9 Å². The summed E-state index contributed by atoms with van der Waals surface area (Å²) in [7, 11) is 0. The summed E-state index contributed by atoms with van der Waals surface area (Å²) in [6, 6.07) is 10.8. The van der Waals surface area contributed by atoms with Gasteiger partial charge in [-0.15, -0.1) is 0 Å². The molecule has 7 heteroatoms. The number of hydrogen-bond donors (Lipinski definition) is 1. The molecule has 0 aliphatic heterocycles. The lowest BCUT2D eigenvalue weighted by atomic mass is 10.0. The fourth-order valence-electron chi connectivity index (χ4n) is 1.91. The molecule has 0 atom stereocenters. The molecule has 2 rings (SSSR count). The number of carboxylic acids is 1. The first-order valence-electron chi connectivity index (χ1n) is 6.62. The molecule has 0 bridgehead atoms. The molecule has 0 heterocycles. The van der Waals surface area contributed by atoms with Gasteiger partial charge in [0, 0.05) is 0 Å². The second kappa shape index (κ2) is 7.95. The highest BCUT2D eigenvalue weighted by Gasteiger charge is 2.11. The number of nitrogens with zero attached hydrogens (tertiary/aromatic N) is 1. The Morgan fingerprint density at radius 2 is 2.04 bits per heavy atom. The number of halogens is 3. The van der Waals surface area contributed by atoms with Crippen LogP contribution in [0.5, 0.6) is 5.75 Å². The van der Waals surface area contributed by atoms with E-state index in [9.17, 15) is 14.4 Å². The molecule has 0 aliphatic rings. The minimum Gasteiger partial charge on any atom is -0.479 e. The molecule has 0 aliphatic carbocycles. The zero-order chi connectivity index (χ0) is 17.7. The van der Waals surface area contributed by atoms with Gasteiger partial charge in [-0.05, 0) is 57.4 Å². The summed E-state index contributed by atoms with van der Waals surface area (Å²) in [5.41, 5.74) is 1.50. The van der Waals surface area contributed by atoms with Crippen LogP contribution in [-0.4, -0.2) is 17.7 Å². The van der Waals surface area contributed by atoms with E-state index in [2.05, 4.69) is 22.0 Å². The minimum absolute atomic E-state index is 0.202. The van der Waals surface area contributed by atoms with Crippen molar-refractivity contribution in [2.75, 3.05) is 6.61 Å². The highest BCUT2D eigenvalue weighted by molar-refractivity contribution is 9.10. The number of hydrogen-bond acceptors (Lipinski definition) is 3. The lowest BCUT2D eigenvalue weighted by Gasteiger charge is -2.09. The van der Waals surface area contributed by atoms with E-state index in [0.717, 1.165) is 0 Å². The number of carbonyl (C=O) groups is 1. The van der Waals surface area contributed by atoms with Gasteiger partial charge in [-0.2, -0.15) is 5.26 Å². The monoisotopic (exact) mass is 409 g/mol. The van der Waals surface area contributed by atoms with Gasteiger partial charge in [0.2, 0.25) is 0 Å². The Morgan fingerprint density at radius 1 is 1.38 bits per heavy atom. The van der Waals surface area contributed by atoms with Crippen molar-refractivity contribution < 1.29 is 19.0 Å². The molecule has 0 saturated heterocycles. The van der Waals surface area contributed by atoms with E-state index in [0.29, 0.717) is 21.2 Å². The molecule has 24 heavy (non-hydrogen) atoms. The van der Waals surface area contributed by atoms with Gasteiger partial charge in [0.25, 0.3) is 0 Å². The molecule has 0 saturated carbocycles. The van der Waals surface area contributed by atoms with Crippen molar-refractivity contribution in [1.82, 2.24) is 0 Å². The van der Waals surface area contributed by atoms with E-state index in [1.54, 1.807) is 18.2 Å². The van der Waals surface area contributed by atoms with Crippen molar-refractivity contribution in [3.8, 4) is 11.8 Å². The van der Waals surface area contributed by atoms with Gasteiger partial charge in [0.05, 0.1) is 21.1 Å². The first kappa shape index (κ1) is 18.0. The van der Waals surface area contributed by atoms with Crippen molar-refractivity contribution in [3.05, 3.63) is 62.8 Å². The first-order valence-corrected chi connectivity index (χ1v) is 7.79. The molecule has 0 amide bonds. The van der Waals surface area contributed by atoms with Gasteiger partial charge in [-0.25, -0.2) is 9.18 Å². The second-order valence-corrected chi connectivity index (χ2v) is 5.93. The molecular formula is C17H10BrClFNO3. The Labute approximate surface area is 150 Å². The Morgan fingerprint density at radius 3 is 2.58 bits per heavy atom. The quantitative estimate of drug-likeness (QED) is 0.569. The van der Waals surface area contributed by atoms with Crippen LogP contribution in [0.25, 0.3) is 11.6 Å². The zero-order valence-corrected chi connectivity index (χ0v) is 14.4. The molecule has 4 nitrogen and oxygen atoms in total. The standard InChI is InChI=1S/C17H10BrClFNO3/c18-14-6-10(7-15(19)17(14)24-9-16(22)23)5-12(8-21)11-1-3-13(20)4-2-11/h1-7H,9H2,(H,22,23)/b12-5-. The van der Waals surface area contributed by atoms with E-state index in [4.69, 9.17) is 21.4 Å². The molecule has 0 aromatic heterocycles. The van der Waals surface area contributed by atoms with Crippen LogP contribution in [0.4, 0.5) is 4.39 Å². The molecule has 2 aromatic carbocycles. The van der Waals surface area contributed by atoms with E-state index in [-0.39, 0.29) is 16.6 Å². The summed E-state index contributed by atoms with van der Waals surface area (Å²) in [5.74, 6) is -1.30. The number of ether oxygens (including phenoxy) is 1. The number of benzene rings is 2. The molecule has 1 N–H and O–H groups in total. The fourth-order valence-corrected chi connectivity index (χ4v) is 2.90. The number of aliphatic carboxylic acids is 1. The zero-order valence-electron chi connectivity index (χ0n) is 12.1. The molecule has 0 fully saturated rings. The summed E-state index contributed by atoms with van der Waals surface area (Å²) >= 11 is 9.36. The SMILES string of the molecule is N#C/C(=C/c1cc(Cl)c(OCC(=O)O)c(Br)c1)c1ccc(F)cc1. The summed E-state index contributed by atoms with van der Waals surface area (Å²) in [5, 5.41) is 18.2. The van der Waals surface area contributed by atoms with E-state index < -0.39 is 12.6 Å². The van der Waals surface area contributed by atoms with Crippen molar-refractivity contribution in [2.45, 2.75) is 0 Å². The maximum absolute atomic E-state index is 13.0. The summed E-state index contributed by atoms with van der Waals surface area (Å²) in [6.07, 6.45) is 1.59. The normalized spacial score (nSPS) is 11.0. The predicted octanol–water partition coefficient (Wildman–Crippen LogP) is 4.77. The van der Waals surface area contributed by atoms with Crippen molar-refractivity contribution in [3.63, 3.8) is 0 Å².